The van der Waals surface area contributed by atoms with Crippen LogP contribution in [0.1, 0.15) is 22.5 Å². The van der Waals surface area contributed by atoms with Crippen LogP contribution < -0.4 is 0 Å². The van der Waals surface area contributed by atoms with Crippen LogP contribution in [0.4, 0.5) is 0 Å². The molecular weight excluding hydrogens is 328 g/mol. The second kappa shape index (κ2) is 6.32. The number of morpholine rings is 1. The van der Waals surface area contributed by atoms with Gasteiger partial charge in [0.2, 0.25) is 0 Å². The molecule has 1 aromatic rings. The van der Waals surface area contributed by atoms with Crippen LogP contribution in [0.2, 0.25) is 0 Å². The maximum absolute atomic E-state index is 12.5. The summed E-state index contributed by atoms with van der Waals surface area (Å²) in [7, 11) is 0. The minimum Gasteiger partial charge on any atom is -0.481 e. The SMILES string of the molecule is Cc1ncc(Br)cc1C(=O)N1CCOC(CC(=O)O)C1. The van der Waals surface area contributed by atoms with E-state index in [0.29, 0.717) is 24.4 Å². The number of pyridine rings is 1. The number of aromatic nitrogens is 1. The Kier molecular flexibility index (Phi) is 4.72. The molecule has 2 heterocycles. The number of hydrogen-bond acceptors (Lipinski definition) is 4. The highest BCUT2D eigenvalue weighted by atomic mass is 79.9. The first kappa shape index (κ1) is 14.9. The Balaban J connectivity index is 2.12. The molecule has 1 saturated heterocycles. The van der Waals surface area contributed by atoms with E-state index in [1.807, 2.05) is 0 Å². The second-order valence-corrected chi connectivity index (χ2v) is 5.54. The molecule has 20 heavy (non-hydrogen) atoms. The van der Waals surface area contributed by atoms with Crippen LogP contribution >= 0.6 is 15.9 Å². The summed E-state index contributed by atoms with van der Waals surface area (Å²) in [6.45, 7) is 2.87. The summed E-state index contributed by atoms with van der Waals surface area (Å²) in [6, 6.07) is 1.73. The summed E-state index contributed by atoms with van der Waals surface area (Å²) in [6.07, 6.45) is 1.09. The van der Waals surface area contributed by atoms with Crippen molar-refractivity contribution in [2.45, 2.75) is 19.4 Å². The molecule has 0 bridgehead atoms. The number of aryl methyl sites for hydroxylation is 1. The van der Waals surface area contributed by atoms with Crippen molar-refractivity contribution in [3.63, 3.8) is 0 Å². The van der Waals surface area contributed by atoms with E-state index in [9.17, 15) is 9.59 Å². The smallest absolute Gasteiger partial charge is 0.306 e. The molecule has 0 spiro atoms. The van der Waals surface area contributed by atoms with Crippen molar-refractivity contribution in [2.75, 3.05) is 19.7 Å². The van der Waals surface area contributed by atoms with Crippen molar-refractivity contribution in [1.82, 2.24) is 9.88 Å². The summed E-state index contributed by atoms with van der Waals surface area (Å²) >= 11 is 3.30. The number of carboxylic acids is 1. The molecule has 6 nitrogen and oxygen atoms in total. The molecule has 108 valence electrons. The predicted molar refractivity (Wildman–Crippen MR) is 74.6 cm³/mol. The third-order valence-electron chi connectivity index (χ3n) is 3.11. The molecule has 1 unspecified atom stereocenters. The van der Waals surface area contributed by atoms with E-state index in [0.717, 1.165) is 4.47 Å². The molecule has 0 radical (unpaired) electrons. The van der Waals surface area contributed by atoms with Gasteiger partial charge in [-0.3, -0.25) is 14.6 Å². The van der Waals surface area contributed by atoms with Gasteiger partial charge >= 0.3 is 5.97 Å². The number of hydrogen-bond donors (Lipinski definition) is 1. The Morgan fingerprint density at radius 1 is 1.60 bits per heavy atom. The van der Waals surface area contributed by atoms with Crippen molar-refractivity contribution in [2.24, 2.45) is 0 Å². The number of ether oxygens (including phenoxy) is 1. The Morgan fingerprint density at radius 2 is 2.35 bits per heavy atom. The number of carboxylic acid groups (broad SMARTS) is 1. The average molecular weight is 343 g/mol. The third kappa shape index (κ3) is 3.55. The highest BCUT2D eigenvalue weighted by molar-refractivity contribution is 9.10. The number of carbonyl (C=O) groups is 2. The van der Waals surface area contributed by atoms with Crippen LogP contribution in [-0.2, 0) is 9.53 Å². The number of halogens is 1. The number of carbonyl (C=O) groups excluding carboxylic acids is 1. The van der Waals surface area contributed by atoms with Crippen molar-refractivity contribution < 1.29 is 19.4 Å². The quantitative estimate of drug-likeness (QED) is 0.899. The van der Waals surface area contributed by atoms with E-state index in [1.54, 1.807) is 24.1 Å². The van der Waals surface area contributed by atoms with Gasteiger partial charge < -0.3 is 14.7 Å². The van der Waals surface area contributed by atoms with Gasteiger partial charge in [0.15, 0.2) is 0 Å². The maximum atomic E-state index is 12.5. The largest absolute Gasteiger partial charge is 0.481 e. The molecule has 1 aliphatic heterocycles. The zero-order valence-corrected chi connectivity index (χ0v) is 12.6. The Bertz CT molecular complexity index is 535. The van der Waals surface area contributed by atoms with Gasteiger partial charge in [-0.2, -0.15) is 0 Å². The second-order valence-electron chi connectivity index (χ2n) is 4.63. The fourth-order valence-corrected chi connectivity index (χ4v) is 2.45. The molecule has 1 fully saturated rings. The van der Waals surface area contributed by atoms with Crippen LogP contribution in [0.3, 0.4) is 0 Å². The van der Waals surface area contributed by atoms with E-state index in [-0.39, 0.29) is 18.9 Å². The monoisotopic (exact) mass is 342 g/mol. The van der Waals surface area contributed by atoms with Gasteiger partial charge in [0, 0.05) is 23.8 Å². The highest BCUT2D eigenvalue weighted by Crippen LogP contribution is 2.18. The van der Waals surface area contributed by atoms with E-state index < -0.39 is 12.1 Å². The van der Waals surface area contributed by atoms with Crippen molar-refractivity contribution in [3.05, 3.63) is 28.0 Å². The Hall–Kier alpha value is -1.47. The van der Waals surface area contributed by atoms with E-state index in [1.165, 1.54) is 0 Å². The molecule has 0 aromatic carbocycles. The Labute approximate surface area is 124 Å². The fourth-order valence-electron chi connectivity index (χ4n) is 2.12. The van der Waals surface area contributed by atoms with Gasteiger partial charge in [0.25, 0.3) is 5.91 Å². The van der Waals surface area contributed by atoms with Crippen LogP contribution in [0.15, 0.2) is 16.7 Å². The molecule has 0 saturated carbocycles. The first-order chi connectivity index (χ1) is 9.47. The van der Waals surface area contributed by atoms with Crippen molar-refractivity contribution >= 4 is 27.8 Å². The lowest BCUT2D eigenvalue weighted by atomic mass is 10.1. The fraction of sp³-hybridized carbons (Fsp3) is 0.462. The van der Waals surface area contributed by atoms with Crippen molar-refractivity contribution in [1.29, 1.82) is 0 Å². The molecule has 1 N–H and O–H groups in total. The molecule has 7 heteroatoms. The van der Waals surface area contributed by atoms with Gasteiger partial charge in [-0.1, -0.05) is 0 Å². The van der Waals surface area contributed by atoms with Gasteiger partial charge in [-0.05, 0) is 28.9 Å². The first-order valence-electron chi connectivity index (χ1n) is 6.22. The lowest BCUT2D eigenvalue weighted by Gasteiger charge is -2.32. The summed E-state index contributed by atoms with van der Waals surface area (Å²) in [4.78, 5) is 28.9. The number of nitrogens with zero attached hydrogens (tertiary/aromatic N) is 2. The number of aliphatic carboxylic acids is 1. The molecule has 0 aliphatic carbocycles. The lowest BCUT2D eigenvalue weighted by molar-refractivity contribution is -0.141. The summed E-state index contributed by atoms with van der Waals surface area (Å²) in [5, 5.41) is 8.79. The normalized spacial score (nSPS) is 18.9. The molecule has 2 rings (SSSR count). The van der Waals surface area contributed by atoms with Crippen molar-refractivity contribution in [3.8, 4) is 0 Å². The van der Waals surface area contributed by atoms with Crippen LogP contribution in [0.5, 0.6) is 0 Å². The minimum atomic E-state index is -0.926. The van der Waals surface area contributed by atoms with Gasteiger partial charge in [-0.25, -0.2) is 0 Å². The van der Waals surface area contributed by atoms with Crippen LogP contribution in [0, 0.1) is 6.92 Å². The average Bonchev–Trinajstić information content (AvgIpc) is 2.40. The third-order valence-corrected chi connectivity index (χ3v) is 3.55. The standard InChI is InChI=1S/C13H15BrN2O4/c1-8-11(4-9(14)6-15-8)13(19)16-2-3-20-10(7-16)5-12(17)18/h4,6,10H,2-3,5,7H2,1H3,(H,17,18). The maximum Gasteiger partial charge on any atom is 0.306 e. The minimum absolute atomic E-state index is 0.0977. The summed E-state index contributed by atoms with van der Waals surface area (Å²) in [5.41, 5.74) is 1.18. The summed E-state index contributed by atoms with van der Waals surface area (Å²) in [5.74, 6) is -1.07. The molecule has 1 atom stereocenters. The topological polar surface area (TPSA) is 79.7 Å². The zero-order valence-electron chi connectivity index (χ0n) is 11.0. The number of amides is 1. The van der Waals surface area contributed by atoms with Gasteiger partial charge in [-0.15, -0.1) is 0 Å². The highest BCUT2D eigenvalue weighted by Gasteiger charge is 2.27. The van der Waals surface area contributed by atoms with Crippen LogP contribution in [0.25, 0.3) is 0 Å². The lowest BCUT2D eigenvalue weighted by Crippen LogP contribution is -2.46. The van der Waals surface area contributed by atoms with Crippen LogP contribution in [-0.4, -0.2) is 52.7 Å². The Morgan fingerprint density at radius 3 is 3.05 bits per heavy atom. The summed E-state index contributed by atoms with van der Waals surface area (Å²) < 4.78 is 6.10. The van der Waals surface area contributed by atoms with Gasteiger partial charge in [0.05, 0.1) is 30.4 Å². The first-order valence-corrected chi connectivity index (χ1v) is 7.01. The molecule has 1 amide bonds. The van der Waals surface area contributed by atoms with E-state index in [4.69, 9.17) is 9.84 Å². The zero-order chi connectivity index (χ0) is 14.7. The number of rotatable bonds is 3. The molecular formula is C13H15BrN2O4. The molecule has 1 aliphatic rings. The van der Waals surface area contributed by atoms with E-state index >= 15 is 0 Å². The van der Waals surface area contributed by atoms with Gasteiger partial charge in [0.1, 0.15) is 0 Å². The predicted octanol–water partition coefficient (Wildman–Crippen LogP) is 1.47. The van der Waals surface area contributed by atoms with E-state index in [2.05, 4.69) is 20.9 Å². The molecule has 1 aromatic heterocycles.